The number of hydrogen-bond acceptors (Lipinski definition) is 6. The maximum Gasteiger partial charge on any atom is 0.254 e. The molecule has 0 aromatic carbocycles. The number of nitrogens with zero attached hydrogens (tertiary/aromatic N) is 4. The van der Waals surface area contributed by atoms with Crippen molar-refractivity contribution >= 4 is 39.8 Å². The first kappa shape index (κ1) is 17.0. The van der Waals surface area contributed by atoms with E-state index in [0.717, 1.165) is 31.1 Å². The van der Waals surface area contributed by atoms with E-state index in [2.05, 4.69) is 20.2 Å². The van der Waals surface area contributed by atoms with Crippen molar-refractivity contribution in [3.05, 3.63) is 34.4 Å². The third-order valence-corrected chi connectivity index (χ3v) is 5.14. The van der Waals surface area contributed by atoms with E-state index >= 15 is 0 Å². The van der Waals surface area contributed by atoms with Gasteiger partial charge in [0, 0.05) is 51.0 Å². The predicted octanol–water partition coefficient (Wildman–Crippen LogP) is 2.97. The number of anilines is 2. The molecule has 128 valence electrons. The molecule has 0 spiro atoms. The molecule has 2 aromatic rings. The van der Waals surface area contributed by atoms with E-state index in [4.69, 9.17) is 11.6 Å². The first-order valence-corrected chi connectivity index (χ1v) is 9.08. The molecule has 3 heterocycles. The van der Waals surface area contributed by atoms with Crippen LogP contribution < -0.4 is 10.2 Å². The standard InChI is InChI=1S/C16H20ClN5OS/c1-21(2)15(23)11-9-13(17)14(19-10-11)20-12-3-6-22(7-4-12)16-18-5-8-24-16/h5,8-10,12H,3-4,6-7H2,1-2H3,(H,19,20). The topological polar surface area (TPSA) is 61.4 Å². The van der Waals surface area contributed by atoms with Gasteiger partial charge in [-0.3, -0.25) is 4.79 Å². The molecule has 0 unspecified atom stereocenters. The summed E-state index contributed by atoms with van der Waals surface area (Å²) in [6, 6.07) is 1.99. The average molecular weight is 366 g/mol. The highest BCUT2D eigenvalue weighted by Gasteiger charge is 2.22. The van der Waals surface area contributed by atoms with E-state index in [9.17, 15) is 4.79 Å². The van der Waals surface area contributed by atoms with Crippen molar-refractivity contribution in [1.82, 2.24) is 14.9 Å². The highest BCUT2D eigenvalue weighted by Crippen LogP contribution is 2.26. The molecule has 24 heavy (non-hydrogen) atoms. The maximum atomic E-state index is 11.9. The van der Waals surface area contributed by atoms with Crippen molar-refractivity contribution in [2.75, 3.05) is 37.4 Å². The molecule has 0 radical (unpaired) electrons. The summed E-state index contributed by atoms with van der Waals surface area (Å²) in [7, 11) is 3.41. The molecule has 1 N–H and O–H groups in total. The number of carbonyl (C=O) groups excluding carboxylic acids is 1. The molecule has 1 fully saturated rings. The SMILES string of the molecule is CN(C)C(=O)c1cnc(NC2CCN(c3nccs3)CC2)c(Cl)c1. The number of halogens is 1. The van der Waals surface area contributed by atoms with Gasteiger partial charge >= 0.3 is 0 Å². The third-order valence-electron chi connectivity index (χ3n) is 4.02. The van der Waals surface area contributed by atoms with Crippen molar-refractivity contribution in [3.63, 3.8) is 0 Å². The van der Waals surface area contributed by atoms with Crippen LogP contribution in [0.4, 0.5) is 10.9 Å². The van der Waals surface area contributed by atoms with Gasteiger partial charge in [-0.2, -0.15) is 0 Å². The number of piperidine rings is 1. The van der Waals surface area contributed by atoms with Gasteiger partial charge in [0.1, 0.15) is 5.82 Å². The van der Waals surface area contributed by atoms with E-state index in [-0.39, 0.29) is 5.91 Å². The Morgan fingerprint density at radius 1 is 1.38 bits per heavy atom. The number of amides is 1. The van der Waals surface area contributed by atoms with Crippen molar-refractivity contribution in [3.8, 4) is 0 Å². The zero-order valence-electron chi connectivity index (χ0n) is 13.7. The van der Waals surface area contributed by atoms with Crippen LogP contribution in [0.3, 0.4) is 0 Å². The van der Waals surface area contributed by atoms with Crippen molar-refractivity contribution in [2.24, 2.45) is 0 Å². The first-order valence-electron chi connectivity index (χ1n) is 7.83. The molecule has 3 rings (SSSR count). The molecule has 0 saturated carbocycles. The lowest BCUT2D eigenvalue weighted by Crippen LogP contribution is -2.39. The van der Waals surface area contributed by atoms with Crippen LogP contribution in [0.1, 0.15) is 23.2 Å². The molecule has 0 bridgehead atoms. The predicted molar refractivity (Wildman–Crippen MR) is 98.2 cm³/mol. The summed E-state index contributed by atoms with van der Waals surface area (Å²) in [5.41, 5.74) is 0.495. The number of pyridine rings is 1. The van der Waals surface area contributed by atoms with Crippen LogP contribution in [-0.4, -0.2) is 54.0 Å². The highest BCUT2D eigenvalue weighted by atomic mass is 35.5. The Kier molecular flexibility index (Phi) is 5.20. The molecule has 6 nitrogen and oxygen atoms in total. The second-order valence-corrected chi connectivity index (χ2v) is 7.25. The van der Waals surface area contributed by atoms with Crippen molar-refractivity contribution in [1.29, 1.82) is 0 Å². The number of rotatable bonds is 4. The maximum absolute atomic E-state index is 11.9. The Balaban J connectivity index is 1.60. The summed E-state index contributed by atoms with van der Waals surface area (Å²) in [5, 5.41) is 6.96. The fraction of sp³-hybridized carbons (Fsp3) is 0.438. The molecule has 2 aromatic heterocycles. The fourth-order valence-electron chi connectivity index (χ4n) is 2.70. The molecule has 1 amide bonds. The van der Waals surface area contributed by atoms with E-state index in [1.165, 1.54) is 4.90 Å². The Morgan fingerprint density at radius 2 is 2.12 bits per heavy atom. The summed E-state index contributed by atoms with van der Waals surface area (Å²) in [4.78, 5) is 24.4. The lowest BCUT2D eigenvalue weighted by Gasteiger charge is -2.32. The van der Waals surface area contributed by atoms with Gasteiger partial charge in [0.25, 0.3) is 5.91 Å². The van der Waals surface area contributed by atoms with Crippen LogP contribution in [0.25, 0.3) is 0 Å². The van der Waals surface area contributed by atoms with Crippen LogP contribution in [0, 0.1) is 0 Å². The smallest absolute Gasteiger partial charge is 0.254 e. The molecular weight excluding hydrogens is 346 g/mol. The first-order chi connectivity index (χ1) is 11.5. The summed E-state index contributed by atoms with van der Waals surface area (Å²) >= 11 is 7.96. The van der Waals surface area contributed by atoms with Gasteiger partial charge in [0.2, 0.25) is 0 Å². The summed E-state index contributed by atoms with van der Waals surface area (Å²) in [5.74, 6) is 0.535. The van der Waals surface area contributed by atoms with E-state index in [1.54, 1.807) is 37.7 Å². The van der Waals surface area contributed by atoms with E-state index in [1.807, 2.05) is 11.6 Å². The summed E-state index contributed by atoms with van der Waals surface area (Å²) in [6.45, 7) is 1.92. The fourth-order valence-corrected chi connectivity index (χ4v) is 3.62. The Hall–Kier alpha value is -1.86. The van der Waals surface area contributed by atoms with Gasteiger partial charge in [-0.05, 0) is 18.9 Å². The van der Waals surface area contributed by atoms with Crippen LogP contribution in [0.15, 0.2) is 23.8 Å². The monoisotopic (exact) mass is 365 g/mol. The van der Waals surface area contributed by atoms with Gasteiger partial charge in [-0.25, -0.2) is 9.97 Å². The lowest BCUT2D eigenvalue weighted by atomic mass is 10.1. The lowest BCUT2D eigenvalue weighted by molar-refractivity contribution is 0.0827. The van der Waals surface area contributed by atoms with Gasteiger partial charge in [0.15, 0.2) is 5.13 Å². The zero-order valence-corrected chi connectivity index (χ0v) is 15.3. The minimum atomic E-state index is -0.104. The van der Waals surface area contributed by atoms with Crippen LogP contribution in [0.2, 0.25) is 5.02 Å². The third kappa shape index (κ3) is 3.79. The van der Waals surface area contributed by atoms with Gasteiger partial charge in [-0.1, -0.05) is 11.6 Å². The van der Waals surface area contributed by atoms with Gasteiger partial charge in [-0.15, -0.1) is 11.3 Å². The Morgan fingerprint density at radius 3 is 2.71 bits per heavy atom. The van der Waals surface area contributed by atoms with Crippen molar-refractivity contribution < 1.29 is 4.79 Å². The zero-order chi connectivity index (χ0) is 17.1. The quantitative estimate of drug-likeness (QED) is 0.902. The Bertz CT molecular complexity index is 698. The number of aromatic nitrogens is 2. The largest absolute Gasteiger partial charge is 0.366 e. The van der Waals surface area contributed by atoms with Gasteiger partial charge < -0.3 is 15.1 Å². The normalized spacial score (nSPS) is 15.4. The van der Waals surface area contributed by atoms with Crippen molar-refractivity contribution in [2.45, 2.75) is 18.9 Å². The van der Waals surface area contributed by atoms with E-state index in [0.29, 0.717) is 22.4 Å². The second kappa shape index (κ2) is 7.36. The number of thiazole rings is 1. The minimum absolute atomic E-state index is 0.104. The number of nitrogens with one attached hydrogen (secondary N) is 1. The molecule has 0 aliphatic carbocycles. The highest BCUT2D eigenvalue weighted by molar-refractivity contribution is 7.13. The molecule has 1 saturated heterocycles. The van der Waals surface area contributed by atoms with Crippen LogP contribution in [0.5, 0.6) is 0 Å². The molecule has 8 heteroatoms. The second-order valence-electron chi connectivity index (χ2n) is 5.97. The number of hydrogen-bond donors (Lipinski definition) is 1. The van der Waals surface area contributed by atoms with Gasteiger partial charge in [0.05, 0.1) is 10.6 Å². The average Bonchev–Trinajstić information content (AvgIpc) is 3.11. The number of carbonyl (C=O) groups is 1. The molecule has 1 aliphatic rings. The summed E-state index contributed by atoms with van der Waals surface area (Å²) in [6.07, 6.45) is 5.40. The molecule has 0 atom stereocenters. The van der Waals surface area contributed by atoms with E-state index < -0.39 is 0 Å². The Labute approximate surface area is 150 Å². The minimum Gasteiger partial charge on any atom is -0.366 e. The van der Waals surface area contributed by atoms with Crippen LogP contribution in [-0.2, 0) is 0 Å². The van der Waals surface area contributed by atoms with Crippen LogP contribution >= 0.6 is 22.9 Å². The summed E-state index contributed by atoms with van der Waals surface area (Å²) < 4.78 is 0. The molecular formula is C16H20ClN5OS. The molecule has 1 aliphatic heterocycles.